The van der Waals surface area contributed by atoms with Crippen LogP contribution in [0.15, 0.2) is 73.2 Å². The molecule has 4 heterocycles. The molecular weight excluding hydrogens is 390 g/mol. The molecule has 4 aromatic rings. The van der Waals surface area contributed by atoms with Crippen molar-refractivity contribution in [3.8, 4) is 33.8 Å². The molecule has 1 fully saturated rings. The van der Waals surface area contributed by atoms with Crippen LogP contribution < -0.4 is 0 Å². The van der Waals surface area contributed by atoms with Crippen molar-refractivity contribution in [2.24, 2.45) is 0 Å². The first-order valence-corrected chi connectivity index (χ1v) is 10.2. The number of nitrogens with zero attached hydrogens (tertiary/aromatic N) is 4. The van der Waals surface area contributed by atoms with Gasteiger partial charge in [-0.1, -0.05) is 18.2 Å². The molecule has 0 bridgehead atoms. The second-order valence-electron chi connectivity index (χ2n) is 7.27. The van der Waals surface area contributed by atoms with Crippen LogP contribution >= 0.6 is 0 Å². The van der Waals surface area contributed by atoms with Gasteiger partial charge in [0.05, 0.1) is 24.6 Å². The maximum Gasteiger partial charge on any atom is 0.254 e. The first-order valence-electron chi connectivity index (χ1n) is 10.2. The SMILES string of the molecule is O=C(c1ccc(-c2cc(-c3c[nH]nc3-c3ccccn3)ccn2)cc1)N1CCOCC1. The molecule has 3 aromatic heterocycles. The predicted octanol–water partition coefficient (Wildman–Crippen LogP) is 3.67. The molecule has 0 atom stereocenters. The number of hydrogen-bond donors (Lipinski definition) is 1. The second kappa shape index (κ2) is 8.49. The van der Waals surface area contributed by atoms with E-state index in [1.165, 1.54) is 0 Å². The van der Waals surface area contributed by atoms with Gasteiger partial charge in [0.2, 0.25) is 0 Å². The molecule has 1 aromatic carbocycles. The summed E-state index contributed by atoms with van der Waals surface area (Å²) in [6.45, 7) is 2.45. The molecule has 7 nitrogen and oxygen atoms in total. The van der Waals surface area contributed by atoms with Crippen molar-refractivity contribution in [1.29, 1.82) is 0 Å². The van der Waals surface area contributed by atoms with Crippen molar-refractivity contribution in [2.75, 3.05) is 26.3 Å². The fourth-order valence-electron chi connectivity index (χ4n) is 3.70. The summed E-state index contributed by atoms with van der Waals surface area (Å²) in [6.07, 6.45) is 5.41. The topological polar surface area (TPSA) is 84.0 Å². The number of aromatic nitrogens is 4. The van der Waals surface area contributed by atoms with Crippen LogP contribution in [0.4, 0.5) is 0 Å². The maximum atomic E-state index is 12.7. The molecule has 1 amide bonds. The Balaban J connectivity index is 1.41. The minimum atomic E-state index is 0.0370. The summed E-state index contributed by atoms with van der Waals surface area (Å²) in [5.41, 5.74) is 6.01. The Kier molecular flexibility index (Phi) is 5.24. The van der Waals surface area contributed by atoms with Gasteiger partial charge in [0.25, 0.3) is 5.91 Å². The minimum absolute atomic E-state index is 0.0370. The van der Waals surface area contributed by atoms with E-state index >= 15 is 0 Å². The van der Waals surface area contributed by atoms with Crippen LogP contribution in [0.25, 0.3) is 33.8 Å². The lowest BCUT2D eigenvalue weighted by atomic mass is 10.0. The molecule has 31 heavy (non-hydrogen) atoms. The summed E-state index contributed by atoms with van der Waals surface area (Å²) >= 11 is 0. The zero-order valence-corrected chi connectivity index (χ0v) is 16.9. The van der Waals surface area contributed by atoms with Crippen molar-refractivity contribution in [1.82, 2.24) is 25.1 Å². The second-order valence-corrected chi connectivity index (χ2v) is 7.27. The smallest absolute Gasteiger partial charge is 0.254 e. The molecule has 0 spiro atoms. The van der Waals surface area contributed by atoms with Crippen LogP contribution in [0, 0.1) is 0 Å². The largest absolute Gasteiger partial charge is 0.378 e. The highest BCUT2D eigenvalue weighted by atomic mass is 16.5. The van der Waals surface area contributed by atoms with E-state index in [0.29, 0.717) is 31.9 Å². The Labute approximate surface area is 179 Å². The monoisotopic (exact) mass is 411 g/mol. The van der Waals surface area contributed by atoms with Gasteiger partial charge < -0.3 is 9.64 Å². The van der Waals surface area contributed by atoms with Gasteiger partial charge in [-0.25, -0.2) is 0 Å². The molecule has 0 radical (unpaired) electrons. The number of aromatic amines is 1. The van der Waals surface area contributed by atoms with E-state index in [1.54, 1.807) is 12.4 Å². The average molecular weight is 411 g/mol. The summed E-state index contributed by atoms with van der Waals surface area (Å²) in [5.74, 6) is 0.0370. The molecule has 1 saturated heterocycles. The summed E-state index contributed by atoms with van der Waals surface area (Å²) in [6, 6.07) is 17.3. The number of rotatable bonds is 4. The lowest BCUT2D eigenvalue weighted by Gasteiger charge is -2.26. The lowest BCUT2D eigenvalue weighted by molar-refractivity contribution is 0.0303. The molecule has 7 heteroatoms. The van der Waals surface area contributed by atoms with Crippen LogP contribution in [-0.4, -0.2) is 57.3 Å². The van der Waals surface area contributed by atoms with Crippen molar-refractivity contribution in [3.05, 3.63) is 78.8 Å². The van der Waals surface area contributed by atoms with Crippen molar-refractivity contribution in [3.63, 3.8) is 0 Å². The van der Waals surface area contributed by atoms with E-state index < -0.39 is 0 Å². The molecule has 0 saturated carbocycles. The molecule has 1 N–H and O–H groups in total. The Morgan fingerprint density at radius 1 is 0.903 bits per heavy atom. The summed E-state index contributed by atoms with van der Waals surface area (Å²) in [4.78, 5) is 23.4. The Morgan fingerprint density at radius 2 is 1.71 bits per heavy atom. The Morgan fingerprint density at radius 3 is 2.48 bits per heavy atom. The normalized spacial score (nSPS) is 13.9. The van der Waals surface area contributed by atoms with Gasteiger partial charge in [0, 0.05) is 48.4 Å². The highest BCUT2D eigenvalue weighted by molar-refractivity contribution is 5.94. The summed E-state index contributed by atoms with van der Waals surface area (Å²) < 4.78 is 5.33. The average Bonchev–Trinajstić information content (AvgIpc) is 3.35. The zero-order valence-electron chi connectivity index (χ0n) is 16.9. The van der Waals surface area contributed by atoms with Gasteiger partial charge in [-0.3, -0.25) is 19.9 Å². The number of ether oxygens (including phenoxy) is 1. The van der Waals surface area contributed by atoms with E-state index in [2.05, 4.69) is 20.2 Å². The number of carbonyl (C=O) groups is 1. The van der Waals surface area contributed by atoms with Crippen LogP contribution in [-0.2, 0) is 4.74 Å². The van der Waals surface area contributed by atoms with Crippen LogP contribution in [0.1, 0.15) is 10.4 Å². The lowest BCUT2D eigenvalue weighted by Crippen LogP contribution is -2.40. The van der Waals surface area contributed by atoms with Crippen molar-refractivity contribution >= 4 is 5.91 Å². The fourth-order valence-corrected chi connectivity index (χ4v) is 3.70. The quantitative estimate of drug-likeness (QED) is 0.554. The first-order chi connectivity index (χ1) is 15.3. The first kappa shape index (κ1) is 19.1. The van der Waals surface area contributed by atoms with E-state index in [9.17, 15) is 4.79 Å². The Hall–Kier alpha value is -3.84. The number of H-pyrrole nitrogens is 1. The molecule has 5 rings (SSSR count). The third kappa shape index (κ3) is 3.95. The van der Waals surface area contributed by atoms with E-state index in [4.69, 9.17) is 4.74 Å². The summed E-state index contributed by atoms with van der Waals surface area (Å²) in [5, 5.41) is 7.33. The van der Waals surface area contributed by atoms with E-state index in [0.717, 1.165) is 33.8 Å². The molecule has 154 valence electrons. The van der Waals surface area contributed by atoms with Gasteiger partial charge in [-0.05, 0) is 42.0 Å². The third-order valence-electron chi connectivity index (χ3n) is 5.34. The Bertz CT molecular complexity index is 1180. The molecule has 1 aliphatic rings. The number of morpholine rings is 1. The predicted molar refractivity (Wildman–Crippen MR) is 117 cm³/mol. The standard InChI is InChI=1S/C24H21N5O2/c30-24(29-11-13-31-14-12-29)18-6-4-17(5-7-18)22-15-19(8-10-26-22)20-16-27-28-23(20)21-3-1-2-9-25-21/h1-10,15-16H,11-14H2,(H,27,28). The van der Waals surface area contributed by atoms with Crippen molar-refractivity contribution in [2.45, 2.75) is 0 Å². The van der Waals surface area contributed by atoms with E-state index in [-0.39, 0.29) is 5.91 Å². The van der Waals surface area contributed by atoms with Gasteiger partial charge in [-0.15, -0.1) is 0 Å². The van der Waals surface area contributed by atoms with Crippen molar-refractivity contribution < 1.29 is 9.53 Å². The zero-order chi connectivity index (χ0) is 21.0. The van der Waals surface area contributed by atoms with Crippen LogP contribution in [0.5, 0.6) is 0 Å². The third-order valence-corrected chi connectivity index (χ3v) is 5.34. The fraction of sp³-hybridized carbons (Fsp3) is 0.167. The number of hydrogen-bond acceptors (Lipinski definition) is 5. The number of carbonyl (C=O) groups excluding carboxylic acids is 1. The van der Waals surface area contributed by atoms with Crippen LogP contribution in [0.2, 0.25) is 0 Å². The van der Waals surface area contributed by atoms with E-state index in [1.807, 2.05) is 65.7 Å². The molecule has 1 aliphatic heterocycles. The molecular formula is C24H21N5O2. The highest BCUT2D eigenvalue weighted by Gasteiger charge is 2.18. The number of pyridine rings is 2. The minimum Gasteiger partial charge on any atom is -0.378 e. The van der Waals surface area contributed by atoms with Gasteiger partial charge in [0.15, 0.2) is 0 Å². The van der Waals surface area contributed by atoms with Gasteiger partial charge in [-0.2, -0.15) is 5.10 Å². The summed E-state index contributed by atoms with van der Waals surface area (Å²) in [7, 11) is 0. The number of benzene rings is 1. The maximum absolute atomic E-state index is 12.7. The van der Waals surface area contributed by atoms with Gasteiger partial charge >= 0.3 is 0 Å². The highest BCUT2D eigenvalue weighted by Crippen LogP contribution is 2.31. The molecule has 0 unspecified atom stereocenters. The number of nitrogens with one attached hydrogen (secondary N) is 1. The number of amides is 1. The van der Waals surface area contributed by atoms with Gasteiger partial charge in [0.1, 0.15) is 5.69 Å². The van der Waals surface area contributed by atoms with Crippen LogP contribution in [0.3, 0.4) is 0 Å². The molecule has 0 aliphatic carbocycles.